The Balaban J connectivity index is 1.67. The molecule has 11 heteroatoms. The maximum atomic E-state index is 12.8. The van der Waals surface area contributed by atoms with E-state index < -0.39 is 33.6 Å². The Labute approximate surface area is 191 Å². The lowest BCUT2D eigenvalue weighted by Crippen LogP contribution is -2.43. The molecule has 0 bridgehead atoms. The number of nitrogens with one attached hydrogen (secondary N) is 3. The Hall–Kier alpha value is -3.47. The van der Waals surface area contributed by atoms with Crippen molar-refractivity contribution in [2.75, 3.05) is 35.9 Å². The molecule has 0 aromatic heterocycles. The average molecular weight is 476 g/mol. The summed E-state index contributed by atoms with van der Waals surface area (Å²) < 4.78 is 38.5. The number of hydrogen-bond donors (Lipinski definition) is 3. The highest BCUT2D eigenvalue weighted by Crippen LogP contribution is 2.48. The summed E-state index contributed by atoms with van der Waals surface area (Å²) in [6.07, 6.45) is 0.823. The molecule has 10 nitrogen and oxygen atoms in total. The molecule has 0 spiro atoms. The summed E-state index contributed by atoms with van der Waals surface area (Å²) in [5.74, 6) is -0.419. The number of esters is 1. The van der Waals surface area contributed by atoms with Crippen LogP contribution in [0.5, 0.6) is 11.5 Å². The maximum Gasteiger partial charge on any atom is 0.326 e. The highest BCUT2D eigenvalue weighted by Gasteiger charge is 2.53. The molecule has 176 valence electrons. The third-order valence-corrected chi connectivity index (χ3v) is 6.27. The summed E-state index contributed by atoms with van der Waals surface area (Å²) >= 11 is 0. The van der Waals surface area contributed by atoms with Crippen LogP contribution in [0.4, 0.5) is 17.1 Å². The SMILES string of the molecule is CCOC(=O)C1(CC)C(=O)Nc2cc3c(cc21)NC(c1ccc(OS(C)(=O)=O)cc1OC)N3. The molecule has 0 fully saturated rings. The summed E-state index contributed by atoms with van der Waals surface area (Å²) in [4.78, 5) is 25.6. The van der Waals surface area contributed by atoms with Gasteiger partial charge in [-0.2, -0.15) is 8.42 Å². The van der Waals surface area contributed by atoms with Crippen LogP contribution in [-0.4, -0.2) is 40.3 Å². The number of hydrogen-bond acceptors (Lipinski definition) is 9. The molecule has 2 aliphatic rings. The van der Waals surface area contributed by atoms with Gasteiger partial charge in [0.1, 0.15) is 17.7 Å². The van der Waals surface area contributed by atoms with Crippen LogP contribution in [0.2, 0.25) is 0 Å². The van der Waals surface area contributed by atoms with E-state index in [2.05, 4.69) is 16.0 Å². The number of amides is 1. The Morgan fingerprint density at radius 1 is 1.09 bits per heavy atom. The molecule has 0 radical (unpaired) electrons. The van der Waals surface area contributed by atoms with Crippen LogP contribution in [-0.2, 0) is 29.9 Å². The van der Waals surface area contributed by atoms with Gasteiger partial charge in [0.05, 0.1) is 31.3 Å². The van der Waals surface area contributed by atoms with Crippen LogP contribution in [0.3, 0.4) is 0 Å². The first-order chi connectivity index (χ1) is 15.6. The molecule has 0 saturated carbocycles. The lowest BCUT2D eigenvalue weighted by Gasteiger charge is -2.23. The minimum absolute atomic E-state index is 0.137. The van der Waals surface area contributed by atoms with E-state index in [9.17, 15) is 18.0 Å². The molecule has 2 aliphatic heterocycles. The molecule has 3 N–H and O–H groups in total. The predicted molar refractivity (Wildman–Crippen MR) is 122 cm³/mol. The van der Waals surface area contributed by atoms with E-state index in [1.54, 1.807) is 32.0 Å². The van der Waals surface area contributed by atoms with Gasteiger partial charge >= 0.3 is 16.1 Å². The molecule has 2 aromatic carbocycles. The zero-order valence-corrected chi connectivity index (χ0v) is 19.5. The number of ether oxygens (including phenoxy) is 2. The number of methoxy groups -OCH3 is 1. The van der Waals surface area contributed by atoms with Crippen LogP contribution in [0.25, 0.3) is 0 Å². The Morgan fingerprint density at radius 2 is 1.79 bits per heavy atom. The third kappa shape index (κ3) is 3.82. The van der Waals surface area contributed by atoms with Gasteiger partial charge in [-0.25, -0.2) is 0 Å². The van der Waals surface area contributed by atoms with Crippen molar-refractivity contribution < 1.29 is 31.7 Å². The molecule has 1 amide bonds. The minimum Gasteiger partial charge on any atom is -0.496 e. The van der Waals surface area contributed by atoms with Crippen LogP contribution >= 0.6 is 0 Å². The van der Waals surface area contributed by atoms with Crippen molar-refractivity contribution in [1.29, 1.82) is 0 Å². The Morgan fingerprint density at radius 3 is 2.39 bits per heavy atom. The zero-order valence-electron chi connectivity index (χ0n) is 18.6. The second kappa shape index (κ2) is 8.14. The molecule has 4 rings (SSSR count). The molecular formula is C22H25N3O7S. The maximum absolute atomic E-state index is 12.8. The first-order valence-electron chi connectivity index (χ1n) is 10.4. The quantitative estimate of drug-likeness (QED) is 0.314. The fourth-order valence-electron chi connectivity index (χ4n) is 4.26. The molecule has 33 heavy (non-hydrogen) atoms. The summed E-state index contributed by atoms with van der Waals surface area (Å²) in [7, 11) is -2.20. The smallest absolute Gasteiger partial charge is 0.326 e. The fourth-order valence-corrected chi connectivity index (χ4v) is 4.71. The van der Waals surface area contributed by atoms with Crippen LogP contribution in [0, 0.1) is 0 Å². The van der Waals surface area contributed by atoms with Crippen molar-refractivity contribution >= 4 is 39.1 Å². The molecule has 2 atom stereocenters. The number of carbonyl (C=O) groups is 2. The second-order valence-electron chi connectivity index (χ2n) is 7.79. The van der Waals surface area contributed by atoms with Crippen LogP contribution in [0.15, 0.2) is 30.3 Å². The highest BCUT2D eigenvalue weighted by atomic mass is 32.2. The van der Waals surface area contributed by atoms with Gasteiger partial charge in [-0.1, -0.05) is 6.92 Å². The molecule has 0 saturated heterocycles. The number of fused-ring (bicyclic) bond motifs is 2. The van der Waals surface area contributed by atoms with E-state index in [4.69, 9.17) is 13.7 Å². The number of anilines is 3. The average Bonchev–Trinajstić information content (AvgIpc) is 3.28. The third-order valence-electron chi connectivity index (χ3n) is 5.77. The number of rotatable bonds is 7. The predicted octanol–water partition coefficient (Wildman–Crippen LogP) is 2.73. The van der Waals surface area contributed by atoms with E-state index in [1.807, 2.05) is 0 Å². The first kappa shape index (κ1) is 22.7. The van der Waals surface area contributed by atoms with Crippen molar-refractivity contribution in [3.8, 4) is 11.5 Å². The first-order valence-corrected chi connectivity index (χ1v) is 12.2. The van der Waals surface area contributed by atoms with Crippen molar-refractivity contribution in [2.24, 2.45) is 0 Å². The van der Waals surface area contributed by atoms with Crippen LogP contribution in [0.1, 0.15) is 37.6 Å². The van der Waals surface area contributed by atoms with Crippen molar-refractivity contribution in [3.05, 3.63) is 41.5 Å². The molecule has 2 heterocycles. The summed E-state index contributed by atoms with van der Waals surface area (Å²) in [6, 6.07) is 8.28. The number of carbonyl (C=O) groups excluding carboxylic acids is 2. The van der Waals surface area contributed by atoms with Crippen molar-refractivity contribution in [2.45, 2.75) is 31.8 Å². The zero-order chi connectivity index (χ0) is 24.0. The van der Waals surface area contributed by atoms with E-state index in [0.717, 1.165) is 11.9 Å². The topological polar surface area (TPSA) is 132 Å². The Bertz CT molecular complexity index is 1240. The molecule has 2 unspecified atom stereocenters. The lowest BCUT2D eigenvalue weighted by atomic mass is 9.79. The molecular weight excluding hydrogens is 450 g/mol. The van der Waals surface area contributed by atoms with Gasteiger partial charge in [-0.3, -0.25) is 9.59 Å². The summed E-state index contributed by atoms with van der Waals surface area (Å²) in [5, 5.41) is 9.46. The summed E-state index contributed by atoms with van der Waals surface area (Å²) in [6.45, 7) is 3.65. The fraction of sp³-hybridized carbons (Fsp3) is 0.364. The Kier molecular flexibility index (Phi) is 5.61. The van der Waals surface area contributed by atoms with E-state index in [0.29, 0.717) is 28.3 Å². The normalized spacial score (nSPS) is 20.7. The van der Waals surface area contributed by atoms with Gasteiger partial charge in [0, 0.05) is 22.9 Å². The molecule has 0 aliphatic carbocycles. The van der Waals surface area contributed by atoms with Crippen LogP contribution < -0.4 is 24.9 Å². The minimum atomic E-state index is -3.67. The van der Waals surface area contributed by atoms with Gasteiger partial charge in [-0.15, -0.1) is 0 Å². The largest absolute Gasteiger partial charge is 0.496 e. The second-order valence-corrected chi connectivity index (χ2v) is 9.36. The van der Waals surface area contributed by atoms with Gasteiger partial charge < -0.3 is 29.6 Å². The van der Waals surface area contributed by atoms with Crippen molar-refractivity contribution in [1.82, 2.24) is 0 Å². The lowest BCUT2D eigenvalue weighted by molar-refractivity contribution is -0.153. The summed E-state index contributed by atoms with van der Waals surface area (Å²) in [5.41, 5.74) is 1.86. The van der Waals surface area contributed by atoms with Gasteiger partial charge in [0.15, 0.2) is 5.41 Å². The standard InChI is InChI=1S/C22H25N3O7S/c1-5-22(21(27)31-6-2)14-10-16-17(11-15(14)25-20(22)26)24-19(23-16)13-8-7-12(9-18(13)30-3)32-33(4,28)29/h7-11,19,23-24H,5-6H2,1-4H3,(H,25,26). The van der Waals surface area contributed by atoms with Gasteiger partial charge in [-0.05, 0) is 37.6 Å². The molecule has 2 aromatic rings. The van der Waals surface area contributed by atoms with Crippen molar-refractivity contribution in [3.63, 3.8) is 0 Å². The van der Waals surface area contributed by atoms with E-state index in [1.165, 1.54) is 19.2 Å². The van der Waals surface area contributed by atoms with Gasteiger partial charge in [0.25, 0.3) is 0 Å². The van der Waals surface area contributed by atoms with Gasteiger partial charge in [0.2, 0.25) is 5.91 Å². The highest BCUT2D eigenvalue weighted by molar-refractivity contribution is 7.86. The monoisotopic (exact) mass is 475 g/mol. The van der Waals surface area contributed by atoms with E-state index >= 15 is 0 Å². The van der Waals surface area contributed by atoms with E-state index in [-0.39, 0.29) is 18.8 Å². The number of benzene rings is 2.